The molecule has 3 heteroatoms. The van der Waals surface area contributed by atoms with Crippen LogP contribution in [0.5, 0.6) is 0 Å². The molecule has 0 aromatic heterocycles. The summed E-state index contributed by atoms with van der Waals surface area (Å²) in [6.07, 6.45) is 2.10. The highest BCUT2D eigenvalue weighted by Crippen LogP contribution is 2.16. The molecule has 0 fully saturated rings. The van der Waals surface area contributed by atoms with Gasteiger partial charge in [0.05, 0.1) is 6.10 Å². The fourth-order valence-electron chi connectivity index (χ4n) is 1.52. The van der Waals surface area contributed by atoms with Crippen LogP contribution in [0.4, 0.5) is 11.4 Å². The van der Waals surface area contributed by atoms with Crippen LogP contribution in [0.15, 0.2) is 18.2 Å². The van der Waals surface area contributed by atoms with E-state index in [0.29, 0.717) is 11.4 Å². The number of ether oxygens (including phenoxy) is 1. The van der Waals surface area contributed by atoms with Gasteiger partial charge in [-0.15, -0.1) is 0 Å². The maximum absolute atomic E-state index is 5.70. The number of nitrogens with two attached hydrogens (primary N) is 2. The smallest absolute Gasteiger partial charge is 0.0609 e. The predicted molar refractivity (Wildman–Crippen MR) is 60.1 cm³/mol. The van der Waals surface area contributed by atoms with Gasteiger partial charge in [-0.2, -0.15) is 0 Å². The number of benzene rings is 1. The van der Waals surface area contributed by atoms with Crippen LogP contribution < -0.4 is 11.5 Å². The van der Waals surface area contributed by atoms with E-state index in [0.717, 1.165) is 18.4 Å². The van der Waals surface area contributed by atoms with Gasteiger partial charge < -0.3 is 16.2 Å². The zero-order valence-electron chi connectivity index (χ0n) is 8.79. The van der Waals surface area contributed by atoms with Crippen LogP contribution >= 0.6 is 0 Å². The molecule has 14 heavy (non-hydrogen) atoms. The standard InChI is InChI=1S/C11H18N2O/c1-3-11(14-2)6-8-4-9(12)7-10(13)5-8/h4-5,7,11H,3,6,12-13H2,1-2H3. The molecule has 0 saturated heterocycles. The maximum atomic E-state index is 5.70. The molecule has 0 aliphatic rings. The molecule has 0 bridgehead atoms. The molecule has 3 nitrogen and oxygen atoms in total. The van der Waals surface area contributed by atoms with Crippen LogP contribution in [0, 0.1) is 0 Å². The summed E-state index contributed by atoms with van der Waals surface area (Å²) in [6, 6.07) is 5.65. The Kier molecular flexibility index (Phi) is 3.77. The summed E-state index contributed by atoms with van der Waals surface area (Å²) in [5.41, 5.74) is 14.0. The summed E-state index contributed by atoms with van der Waals surface area (Å²) in [4.78, 5) is 0. The van der Waals surface area contributed by atoms with Gasteiger partial charge in [-0.05, 0) is 36.6 Å². The highest BCUT2D eigenvalue weighted by atomic mass is 16.5. The molecule has 0 saturated carbocycles. The van der Waals surface area contributed by atoms with Crippen LogP contribution in [0.3, 0.4) is 0 Å². The van der Waals surface area contributed by atoms with E-state index in [-0.39, 0.29) is 6.10 Å². The second-order valence-corrected chi connectivity index (χ2v) is 3.48. The minimum absolute atomic E-state index is 0.246. The van der Waals surface area contributed by atoms with E-state index in [2.05, 4.69) is 6.92 Å². The first-order valence-electron chi connectivity index (χ1n) is 4.83. The fraction of sp³-hybridized carbons (Fsp3) is 0.455. The lowest BCUT2D eigenvalue weighted by atomic mass is 10.0. The van der Waals surface area contributed by atoms with Crippen molar-refractivity contribution in [2.24, 2.45) is 0 Å². The third-order valence-corrected chi connectivity index (χ3v) is 2.29. The predicted octanol–water partition coefficient (Wildman–Crippen LogP) is 1.82. The third kappa shape index (κ3) is 2.92. The zero-order valence-corrected chi connectivity index (χ0v) is 8.79. The van der Waals surface area contributed by atoms with Crippen molar-refractivity contribution < 1.29 is 4.74 Å². The van der Waals surface area contributed by atoms with Gasteiger partial charge in [0.15, 0.2) is 0 Å². The summed E-state index contributed by atoms with van der Waals surface area (Å²) in [5, 5.41) is 0. The average Bonchev–Trinajstić information content (AvgIpc) is 2.12. The molecule has 1 rings (SSSR count). The lowest BCUT2D eigenvalue weighted by Gasteiger charge is -2.13. The molecule has 0 heterocycles. The van der Waals surface area contributed by atoms with E-state index in [1.165, 1.54) is 0 Å². The minimum Gasteiger partial charge on any atom is -0.399 e. The first-order chi connectivity index (χ1) is 6.65. The van der Waals surface area contributed by atoms with Crippen molar-refractivity contribution in [1.82, 2.24) is 0 Å². The third-order valence-electron chi connectivity index (χ3n) is 2.29. The first-order valence-corrected chi connectivity index (χ1v) is 4.83. The van der Waals surface area contributed by atoms with Gasteiger partial charge in [0.1, 0.15) is 0 Å². The number of hydrogen-bond donors (Lipinski definition) is 2. The second kappa shape index (κ2) is 4.86. The molecule has 0 radical (unpaired) electrons. The number of nitrogen functional groups attached to an aromatic ring is 2. The minimum atomic E-state index is 0.246. The summed E-state index contributed by atoms with van der Waals surface area (Å²) in [7, 11) is 1.73. The normalized spacial score (nSPS) is 12.7. The summed E-state index contributed by atoms with van der Waals surface area (Å²) >= 11 is 0. The SMILES string of the molecule is CCC(Cc1cc(N)cc(N)c1)OC. The topological polar surface area (TPSA) is 61.3 Å². The van der Waals surface area contributed by atoms with Crippen molar-refractivity contribution >= 4 is 11.4 Å². The van der Waals surface area contributed by atoms with Crippen LogP contribution in [-0.4, -0.2) is 13.2 Å². The molecule has 1 aromatic carbocycles. The van der Waals surface area contributed by atoms with E-state index in [9.17, 15) is 0 Å². The Morgan fingerprint density at radius 2 is 1.79 bits per heavy atom. The Morgan fingerprint density at radius 3 is 2.21 bits per heavy atom. The van der Waals surface area contributed by atoms with Crippen molar-refractivity contribution in [2.45, 2.75) is 25.9 Å². The molecular formula is C11H18N2O. The number of rotatable bonds is 4. The van der Waals surface area contributed by atoms with Gasteiger partial charge in [0.2, 0.25) is 0 Å². The Hall–Kier alpha value is -1.22. The summed E-state index contributed by atoms with van der Waals surface area (Å²) < 4.78 is 5.30. The lowest BCUT2D eigenvalue weighted by Crippen LogP contribution is -2.12. The Bertz CT molecular complexity index is 275. The van der Waals surface area contributed by atoms with Crippen LogP contribution in [0.1, 0.15) is 18.9 Å². The maximum Gasteiger partial charge on any atom is 0.0609 e. The van der Waals surface area contributed by atoms with Gasteiger partial charge >= 0.3 is 0 Å². The van der Waals surface area contributed by atoms with Crippen molar-refractivity contribution in [3.05, 3.63) is 23.8 Å². The molecule has 0 aliphatic heterocycles. The van der Waals surface area contributed by atoms with E-state index >= 15 is 0 Å². The van der Waals surface area contributed by atoms with Crippen molar-refractivity contribution in [3.63, 3.8) is 0 Å². The highest BCUT2D eigenvalue weighted by Gasteiger charge is 2.06. The molecule has 78 valence electrons. The number of methoxy groups -OCH3 is 1. The molecule has 4 N–H and O–H groups in total. The van der Waals surface area contributed by atoms with E-state index in [4.69, 9.17) is 16.2 Å². The quantitative estimate of drug-likeness (QED) is 0.719. The van der Waals surface area contributed by atoms with Crippen LogP contribution in [0.25, 0.3) is 0 Å². The van der Waals surface area contributed by atoms with Crippen molar-refractivity contribution in [2.75, 3.05) is 18.6 Å². The van der Waals surface area contributed by atoms with Crippen molar-refractivity contribution in [3.8, 4) is 0 Å². The molecule has 1 aromatic rings. The van der Waals surface area contributed by atoms with Crippen LogP contribution in [0.2, 0.25) is 0 Å². The van der Waals surface area contributed by atoms with Gasteiger partial charge in [0.25, 0.3) is 0 Å². The highest BCUT2D eigenvalue weighted by molar-refractivity contribution is 5.54. The van der Waals surface area contributed by atoms with Gasteiger partial charge in [0, 0.05) is 18.5 Å². The molecule has 0 amide bonds. The van der Waals surface area contributed by atoms with E-state index < -0.39 is 0 Å². The number of hydrogen-bond acceptors (Lipinski definition) is 3. The van der Waals surface area contributed by atoms with Gasteiger partial charge in [-0.1, -0.05) is 6.92 Å². The summed E-state index contributed by atoms with van der Waals surface area (Å²) in [5.74, 6) is 0. The van der Waals surface area contributed by atoms with Crippen molar-refractivity contribution in [1.29, 1.82) is 0 Å². The first kappa shape index (κ1) is 10.9. The largest absolute Gasteiger partial charge is 0.399 e. The Labute approximate surface area is 85.0 Å². The van der Waals surface area contributed by atoms with Gasteiger partial charge in [-0.3, -0.25) is 0 Å². The summed E-state index contributed by atoms with van der Waals surface area (Å²) in [6.45, 7) is 2.10. The van der Waals surface area contributed by atoms with E-state index in [1.807, 2.05) is 12.1 Å². The second-order valence-electron chi connectivity index (χ2n) is 3.48. The lowest BCUT2D eigenvalue weighted by molar-refractivity contribution is 0.0998. The molecule has 1 unspecified atom stereocenters. The van der Waals surface area contributed by atoms with Crippen LogP contribution in [-0.2, 0) is 11.2 Å². The molecule has 1 atom stereocenters. The number of anilines is 2. The Balaban J connectivity index is 2.75. The van der Waals surface area contributed by atoms with E-state index in [1.54, 1.807) is 13.2 Å². The Morgan fingerprint density at radius 1 is 1.21 bits per heavy atom. The molecule has 0 aliphatic carbocycles. The molecular weight excluding hydrogens is 176 g/mol. The zero-order chi connectivity index (χ0) is 10.6. The van der Waals surface area contributed by atoms with Gasteiger partial charge in [-0.25, -0.2) is 0 Å². The fourth-order valence-corrected chi connectivity index (χ4v) is 1.52. The monoisotopic (exact) mass is 194 g/mol. The average molecular weight is 194 g/mol. The molecule has 0 spiro atoms.